The second kappa shape index (κ2) is 13.7. The van der Waals surface area contributed by atoms with Crippen LogP contribution in [0, 0.1) is 0 Å². The van der Waals surface area contributed by atoms with Crippen molar-refractivity contribution in [1.82, 2.24) is 40.3 Å². The molecule has 6 aromatic rings. The SMILES string of the molecule is O=C1COc2ccc(C3Oc4nnc(-c5cnc(-c6cc7c(cn6)OCCO7)c6c5SCO6)c(-c5cc6c(nn5)OCCO6)c4SC3c3cc4c(cn3)OCC4)nc2N1. The molecular weight excluding hydrogens is 803 g/mol. The van der Waals surface area contributed by atoms with E-state index in [-0.39, 0.29) is 18.4 Å². The second-order valence-electron chi connectivity index (χ2n) is 13.8. The summed E-state index contributed by atoms with van der Waals surface area (Å²) >= 11 is 2.99. The Labute approximate surface area is 341 Å². The molecule has 0 bridgehead atoms. The number of pyridine rings is 4. The Balaban J connectivity index is 1.03. The third-order valence-electron chi connectivity index (χ3n) is 10.2. The molecule has 6 aromatic heterocycles. The third kappa shape index (κ3) is 5.83. The molecule has 2 atom stereocenters. The van der Waals surface area contributed by atoms with Crippen molar-refractivity contribution in [3.05, 3.63) is 65.9 Å². The first-order valence-electron chi connectivity index (χ1n) is 18.6. The number of hydrogen-bond donors (Lipinski definition) is 1. The predicted molar refractivity (Wildman–Crippen MR) is 207 cm³/mol. The Hall–Kier alpha value is -6.67. The van der Waals surface area contributed by atoms with E-state index in [1.165, 1.54) is 23.5 Å². The average molecular weight is 830 g/mol. The summed E-state index contributed by atoms with van der Waals surface area (Å²) in [5, 5.41) is 20.9. The second-order valence-corrected chi connectivity index (χ2v) is 15.8. The van der Waals surface area contributed by atoms with Crippen LogP contribution in [0.5, 0.6) is 46.3 Å². The van der Waals surface area contributed by atoms with Gasteiger partial charge in [0, 0.05) is 41.4 Å². The van der Waals surface area contributed by atoms with Gasteiger partial charge in [-0.2, -0.15) is 0 Å². The standard InChI is InChI=1S/C39H27N9O9S2/c49-28-15-55-23-2-1-19(43-37(23)44-28)32-35(22-9-17-3-4-50-26(17)13-41-22)59-36-29(20-10-25-38(47-45-20)54-8-7-52-25)30(46-48-39(36)57-32)18-12-42-31(33-34(18)58-16-56-33)21-11-24-27(14-40-21)53-6-5-51-24/h1-2,9-14,32,35H,3-8,15-16H2,(H,43,44,49). The van der Waals surface area contributed by atoms with E-state index in [4.69, 9.17) is 63.0 Å². The van der Waals surface area contributed by atoms with Crippen molar-refractivity contribution >= 4 is 35.2 Å². The van der Waals surface area contributed by atoms with Crippen LogP contribution in [0.15, 0.2) is 58.7 Å². The molecule has 0 spiro atoms. The molecule has 6 aliphatic heterocycles. The summed E-state index contributed by atoms with van der Waals surface area (Å²) < 4.78 is 47.8. The molecule has 1 amide bonds. The fourth-order valence-corrected chi connectivity index (χ4v) is 9.74. The van der Waals surface area contributed by atoms with Crippen LogP contribution < -0.4 is 43.2 Å². The lowest BCUT2D eigenvalue weighted by Crippen LogP contribution is -2.28. The highest BCUT2D eigenvalue weighted by Crippen LogP contribution is 2.58. The fraction of sp³-hybridized carbons (Fsp3) is 0.256. The van der Waals surface area contributed by atoms with Crippen LogP contribution in [0.2, 0.25) is 0 Å². The van der Waals surface area contributed by atoms with Gasteiger partial charge in [-0.05, 0) is 18.2 Å². The topological polar surface area (TPSA) is 206 Å². The quantitative estimate of drug-likeness (QED) is 0.241. The van der Waals surface area contributed by atoms with Gasteiger partial charge in [-0.3, -0.25) is 14.8 Å². The lowest BCUT2D eigenvalue weighted by Gasteiger charge is -2.33. The number of anilines is 1. The van der Waals surface area contributed by atoms with Gasteiger partial charge in [0.15, 0.2) is 47.3 Å². The van der Waals surface area contributed by atoms with Gasteiger partial charge in [0.05, 0.1) is 51.1 Å². The van der Waals surface area contributed by atoms with Gasteiger partial charge >= 0.3 is 0 Å². The minimum absolute atomic E-state index is 0.0915. The summed E-state index contributed by atoms with van der Waals surface area (Å²) in [5.74, 6) is 4.24. The van der Waals surface area contributed by atoms with E-state index in [9.17, 15) is 4.79 Å². The summed E-state index contributed by atoms with van der Waals surface area (Å²) in [5.41, 5.74) is 5.57. The lowest BCUT2D eigenvalue weighted by atomic mass is 10.0. The van der Waals surface area contributed by atoms with Crippen LogP contribution in [0.25, 0.3) is 33.9 Å². The van der Waals surface area contributed by atoms with Gasteiger partial charge in [-0.25, -0.2) is 9.97 Å². The average Bonchev–Trinajstić information content (AvgIpc) is 3.98. The summed E-state index contributed by atoms with van der Waals surface area (Å²) in [6, 6.07) is 9.21. The Bertz CT molecular complexity index is 2760. The molecule has 12 heterocycles. The smallest absolute Gasteiger partial charge is 0.276 e. The number of amides is 1. The van der Waals surface area contributed by atoms with Crippen molar-refractivity contribution < 1.29 is 42.7 Å². The molecule has 59 heavy (non-hydrogen) atoms. The van der Waals surface area contributed by atoms with Crippen LogP contribution in [-0.2, 0) is 11.2 Å². The van der Waals surface area contributed by atoms with Crippen LogP contribution >= 0.6 is 23.5 Å². The van der Waals surface area contributed by atoms with E-state index in [2.05, 4.69) is 20.5 Å². The monoisotopic (exact) mass is 829 g/mol. The lowest BCUT2D eigenvalue weighted by molar-refractivity contribution is -0.118. The first-order valence-corrected chi connectivity index (χ1v) is 20.5. The van der Waals surface area contributed by atoms with Gasteiger partial charge in [0.1, 0.15) is 55.2 Å². The molecule has 0 radical (unpaired) electrons. The number of thioether (sulfide) groups is 2. The molecule has 1 N–H and O–H groups in total. The summed E-state index contributed by atoms with van der Waals surface area (Å²) in [7, 11) is 0. The molecule has 6 aliphatic rings. The molecule has 0 aliphatic carbocycles. The Morgan fingerprint density at radius 1 is 0.661 bits per heavy atom. The Morgan fingerprint density at radius 3 is 2.44 bits per heavy atom. The zero-order valence-corrected chi connectivity index (χ0v) is 32.1. The third-order valence-corrected chi connectivity index (χ3v) is 12.5. The minimum atomic E-state index is -0.725. The van der Waals surface area contributed by atoms with Crippen molar-refractivity contribution in [3.63, 3.8) is 0 Å². The van der Waals surface area contributed by atoms with E-state index < -0.39 is 11.4 Å². The molecule has 0 fully saturated rings. The van der Waals surface area contributed by atoms with Crippen molar-refractivity contribution in [2.75, 3.05) is 50.9 Å². The van der Waals surface area contributed by atoms with E-state index in [1.807, 2.05) is 12.1 Å². The van der Waals surface area contributed by atoms with E-state index in [0.717, 1.165) is 28.3 Å². The largest absolute Gasteiger partial charge is 0.491 e. The molecule has 0 saturated carbocycles. The highest BCUT2D eigenvalue weighted by atomic mass is 32.2. The molecular formula is C39H27N9O9S2. The van der Waals surface area contributed by atoms with Gasteiger partial charge < -0.3 is 43.2 Å². The maximum atomic E-state index is 12.3. The Kier molecular flexibility index (Phi) is 8.00. The molecule has 294 valence electrons. The summed E-state index contributed by atoms with van der Waals surface area (Å²) in [6.45, 7) is 2.09. The number of carbonyl (C=O) groups excluding carboxylic acids is 1. The number of carbonyl (C=O) groups is 1. The van der Waals surface area contributed by atoms with Crippen LogP contribution in [0.1, 0.15) is 28.3 Å². The first-order chi connectivity index (χ1) is 29.1. The zero-order chi connectivity index (χ0) is 39.0. The number of nitrogens with zero attached hydrogens (tertiary/aromatic N) is 8. The van der Waals surface area contributed by atoms with Crippen LogP contribution in [0.3, 0.4) is 0 Å². The number of hydrogen-bond acceptors (Lipinski definition) is 19. The van der Waals surface area contributed by atoms with E-state index in [1.54, 1.807) is 36.8 Å². The van der Waals surface area contributed by atoms with Crippen LogP contribution in [0.4, 0.5) is 5.82 Å². The van der Waals surface area contributed by atoms with Crippen molar-refractivity contribution in [3.8, 4) is 80.2 Å². The normalized spacial score (nSPS) is 19.1. The number of ether oxygens (including phenoxy) is 8. The van der Waals surface area contributed by atoms with Crippen molar-refractivity contribution in [1.29, 1.82) is 0 Å². The number of fused-ring (bicyclic) bond motifs is 6. The molecule has 12 rings (SSSR count). The Morgan fingerprint density at radius 2 is 1.49 bits per heavy atom. The number of nitrogens with one attached hydrogen (secondary N) is 1. The van der Waals surface area contributed by atoms with Crippen LogP contribution in [-0.4, -0.2) is 91.8 Å². The van der Waals surface area contributed by atoms with Gasteiger partial charge in [-0.15, -0.1) is 32.2 Å². The minimum Gasteiger partial charge on any atom is -0.491 e. The van der Waals surface area contributed by atoms with E-state index >= 15 is 0 Å². The summed E-state index contributed by atoms with van der Waals surface area (Å²) in [4.78, 5) is 32.9. The summed E-state index contributed by atoms with van der Waals surface area (Å²) in [6.07, 6.45) is 5.14. The van der Waals surface area contributed by atoms with Crippen molar-refractivity contribution in [2.24, 2.45) is 0 Å². The van der Waals surface area contributed by atoms with Crippen molar-refractivity contribution in [2.45, 2.75) is 27.6 Å². The van der Waals surface area contributed by atoms with E-state index in [0.29, 0.717) is 124 Å². The number of rotatable bonds is 5. The molecule has 18 nitrogen and oxygen atoms in total. The fourth-order valence-electron chi connectivity index (χ4n) is 7.52. The highest BCUT2D eigenvalue weighted by Gasteiger charge is 2.41. The van der Waals surface area contributed by atoms with Gasteiger partial charge in [0.25, 0.3) is 11.8 Å². The first kappa shape index (κ1) is 34.4. The van der Waals surface area contributed by atoms with Gasteiger partial charge in [0.2, 0.25) is 5.88 Å². The predicted octanol–water partition coefficient (Wildman–Crippen LogP) is 5.06. The molecule has 2 unspecified atom stereocenters. The zero-order valence-electron chi connectivity index (χ0n) is 30.5. The molecule has 20 heteroatoms. The maximum absolute atomic E-state index is 12.3. The highest BCUT2D eigenvalue weighted by molar-refractivity contribution is 8.00. The van der Waals surface area contributed by atoms with Gasteiger partial charge in [-0.1, -0.05) is 11.8 Å². The molecule has 0 saturated heterocycles. The maximum Gasteiger partial charge on any atom is 0.276 e. The number of aromatic nitrogens is 8. The molecule has 0 aromatic carbocycles.